The highest BCUT2D eigenvalue weighted by Crippen LogP contribution is 2.21. The van der Waals surface area contributed by atoms with Crippen molar-refractivity contribution in [1.82, 2.24) is 4.90 Å². The number of carbonyl (C=O) groups is 1. The van der Waals surface area contributed by atoms with Gasteiger partial charge in [-0.2, -0.15) is 0 Å². The summed E-state index contributed by atoms with van der Waals surface area (Å²) in [7, 11) is 0. The molecule has 1 unspecified atom stereocenters. The molecule has 2 rings (SSSR count). The number of benzene rings is 1. The van der Waals surface area contributed by atoms with Gasteiger partial charge in [-0.15, -0.1) is 0 Å². The minimum absolute atomic E-state index is 0.0876. The van der Waals surface area contributed by atoms with E-state index < -0.39 is 5.60 Å². The van der Waals surface area contributed by atoms with Gasteiger partial charge >= 0.3 is 0 Å². The van der Waals surface area contributed by atoms with Crippen LogP contribution in [0.5, 0.6) is 5.75 Å². The number of hydrogen-bond donors (Lipinski definition) is 2. The van der Waals surface area contributed by atoms with Crippen LogP contribution in [-0.2, 0) is 4.79 Å². The van der Waals surface area contributed by atoms with Crippen molar-refractivity contribution < 1.29 is 14.6 Å². The third-order valence-electron chi connectivity index (χ3n) is 3.31. The molecule has 1 atom stereocenters. The number of carbonyl (C=O) groups excluding carboxylic acids is 1. The van der Waals surface area contributed by atoms with E-state index >= 15 is 0 Å². The van der Waals surface area contributed by atoms with Crippen LogP contribution in [0.4, 0.5) is 0 Å². The molecule has 1 heterocycles. The van der Waals surface area contributed by atoms with Crippen molar-refractivity contribution in [2.75, 3.05) is 19.7 Å². The third kappa shape index (κ3) is 3.46. The first-order valence-corrected chi connectivity index (χ1v) is 6.82. The van der Waals surface area contributed by atoms with Crippen LogP contribution in [0.3, 0.4) is 0 Å². The Hall–Kier alpha value is -1.66. The van der Waals surface area contributed by atoms with Gasteiger partial charge in [-0.05, 0) is 25.5 Å². The molecule has 6 heteroatoms. The quantitative estimate of drug-likeness (QED) is 0.799. The van der Waals surface area contributed by atoms with E-state index in [0.717, 1.165) is 0 Å². The van der Waals surface area contributed by atoms with E-state index in [9.17, 15) is 9.90 Å². The maximum absolute atomic E-state index is 12.0. The van der Waals surface area contributed by atoms with Crippen molar-refractivity contribution in [1.29, 1.82) is 0 Å². The summed E-state index contributed by atoms with van der Waals surface area (Å²) in [5.74, 6) is 0.347. The van der Waals surface area contributed by atoms with Crippen molar-refractivity contribution in [2.24, 2.45) is 5.73 Å². The molecule has 1 aliphatic heterocycles. The number of thiocarbonyl (C=S) groups is 1. The number of nitrogens with two attached hydrogens (primary N) is 1. The number of para-hydroxylation sites is 1. The van der Waals surface area contributed by atoms with Crippen LogP contribution in [-0.4, -0.2) is 46.2 Å². The predicted octanol–water partition coefficient (Wildman–Crippen LogP) is 0.683. The van der Waals surface area contributed by atoms with Gasteiger partial charge in [-0.3, -0.25) is 4.79 Å². The van der Waals surface area contributed by atoms with Gasteiger partial charge in [-0.25, -0.2) is 0 Å². The first kappa shape index (κ1) is 14.7. The van der Waals surface area contributed by atoms with Gasteiger partial charge in [0.15, 0.2) is 6.61 Å². The molecule has 3 N–H and O–H groups in total. The Kier molecular flexibility index (Phi) is 4.25. The molecule has 20 heavy (non-hydrogen) atoms. The standard InChI is InChI=1S/C14H18N2O3S/c1-14(18)6-7-16(9-14)12(17)8-19-11-5-3-2-4-10(11)13(15)20/h2-5,18H,6-9H2,1H3,(H2,15,20). The van der Waals surface area contributed by atoms with Crippen LogP contribution in [0.1, 0.15) is 18.9 Å². The molecule has 0 saturated carbocycles. The van der Waals surface area contributed by atoms with Crippen LogP contribution in [0.2, 0.25) is 0 Å². The van der Waals surface area contributed by atoms with E-state index in [0.29, 0.717) is 30.8 Å². The van der Waals surface area contributed by atoms with Gasteiger partial charge in [0.25, 0.3) is 5.91 Å². The lowest BCUT2D eigenvalue weighted by Crippen LogP contribution is -2.36. The molecule has 1 aromatic carbocycles. The fraction of sp³-hybridized carbons (Fsp3) is 0.429. The number of ether oxygens (including phenoxy) is 1. The highest BCUT2D eigenvalue weighted by atomic mass is 32.1. The van der Waals surface area contributed by atoms with Crippen molar-refractivity contribution in [3.63, 3.8) is 0 Å². The minimum atomic E-state index is -0.799. The average Bonchev–Trinajstić information content (AvgIpc) is 2.76. The number of hydrogen-bond acceptors (Lipinski definition) is 4. The second-order valence-electron chi connectivity index (χ2n) is 5.21. The third-order valence-corrected chi connectivity index (χ3v) is 3.53. The van der Waals surface area contributed by atoms with Crippen LogP contribution in [0.15, 0.2) is 24.3 Å². The van der Waals surface area contributed by atoms with E-state index in [2.05, 4.69) is 0 Å². The summed E-state index contributed by atoms with van der Waals surface area (Å²) in [6, 6.07) is 7.08. The average molecular weight is 294 g/mol. The zero-order valence-electron chi connectivity index (χ0n) is 11.3. The highest BCUT2D eigenvalue weighted by Gasteiger charge is 2.33. The largest absolute Gasteiger partial charge is 0.483 e. The molecular weight excluding hydrogens is 276 g/mol. The van der Waals surface area contributed by atoms with E-state index in [-0.39, 0.29) is 17.5 Å². The monoisotopic (exact) mass is 294 g/mol. The first-order chi connectivity index (χ1) is 9.39. The molecule has 0 spiro atoms. The Balaban J connectivity index is 1.96. The number of β-amino-alcohol motifs (C(OH)–C–C–N with tert-alkyl or cyclic N) is 1. The molecule has 1 aromatic rings. The van der Waals surface area contributed by atoms with Gasteiger partial charge in [0.05, 0.1) is 11.2 Å². The molecule has 1 fully saturated rings. The van der Waals surface area contributed by atoms with Gasteiger partial charge in [-0.1, -0.05) is 24.4 Å². The van der Waals surface area contributed by atoms with Crippen LogP contribution >= 0.6 is 12.2 Å². The number of rotatable bonds is 4. The summed E-state index contributed by atoms with van der Waals surface area (Å²) < 4.78 is 5.50. The topological polar surface area (TPSA) is 75.8 Å². The second-order valence-corrected chi connectivity index (χ2v) is 5.65. The second kappa shape index (κ2) is 5.76. The molecular formula is C14H18N2O3S. The fourth-order valence-corrected chi connectivity index (χ4v) is 2.35. The fourth-order valence-electron chi connectivity index (χ4n) is 2.18. The summed E-state index contributed by atoms with van der Waals surface area (Å²) >= 11 is 4.94. The van der Waals surface area contributed by atoms with Crippen LogP contribution in [0.25, 0.3) is 0 Å². The molecule has 108 valence electrons. The first-order valence-electron chi connectivity index (χ1n) is 6.41. The Morgan fingerprint density at radius 1 is 1.55 bits per heavy atom. The van der Waals surface area contributed by atoms with Crippen LogP contribution in [0, 0.1) is 0 Å². The van der Waals surface area contributed by atoms with Crippen LogP contribution < -0.4 is 10.5 Å². The molecule has 0 radical (unpaired) electrons. The van der Waals surface area contributed by atoms with Gasteiger partial charge in [0, 0.05) is 13.1 Å². The number of likely N-dealkylation sites (tertiary alicyclic amines) is 1. The number of amides is 1. The lowest BCUT2D eigenvalue weighted by atomic mass is 10.1. The van der Waals surface area contributed by atoms with Gasteiger partial charge < -0.3 is 20.5 Å². The molecule has 5 nitrogen and oxygen atoms in total. The van der Waals surface area contributed by atoms with Crippen molar-refractivity contribution in [2.45, 2.75) is 18.9 Å². The summed E-state index contributed by atoms with van der Waals surface area (Å²) in [6.45, 7) is 2.53. The Morgan fingerprint density at radius 2 is 2.25 bits per heavy atom. The van der Waals surface area contributed by atoms with E-state index in [1.807, 2.05) is 0 Å². The van der Waals surface area contributed by atoms with E-state index in [4.69, 9.17) is 22.7 Å². The Morgan fingerprint density at radius 3 is 2.85 bits per heavy atom. The molecule has 1 aliphatic rings. The van der Waals surface area contributed by atoms with E-state index in [1.165, 1.54) is 0 Å². The number of aliphatic hydroxyl groups is 1. The summed E-state index contributed by atoms with van der Waals surface area (Å²) in [6.07, 6.45) is 0.586. The Labute approximate surface area is 123 Å². The normalized spacial score (nSPS) is 21.8. The lowest BCUT2D eigenvalue weighted by Gasteiger charge is -2.19. The molecule has 1 saturated heterocycles. The summed E-state index contributed by atoms with van der Waals surface area (Å²) in [5, 5.41) is 9.85. The minimum Gasteiger partial charge on any atom is -0.483 e. The summed E-state index contributed by atoms with van der Waals surface area (Å²) in [5.41, 5.74) is 5.42. The van der Waals surface area contributed by atoms with E-state index in [1.54, 1.807) is 36.1 Å². The summed E-state index contributed by atoms with van der Waals surface area (Å²) in [4.78, 5) is 13.8. The number of nitrogens with zero attached hydrogens (tertiary/aromatic N) is 1. The lowest BCUT2D eigenvalue weighted by molar-refractivity contribution is -0.133. The van der Waals surface area contributed by atoms with Crippen molar-refractivity contribution in [3.05, 3.63) is 29.8 Å². The van der Waals surface area contributed by atoms with Crippen molar-refractivity contribution in [3.8, 4) is 5.75 Å². The molecule has 0 bridgehead atoms. The molecule has 0 aromatic heterocycles. The Bertz CT molecular complexity index is 531. The smallest absolute Gasteiger partial charge is 0.260 e. The van der Waals surface area contributed by atoms with Crippen molar-refractivity contribution >= 4 is 23.1 Å². The highest BCUT2D eigenvalue weighted by molar-refractivity contribution is 7.80. The maximum atomic E-state index is 12.0. The molecule has 1 amide bonds. The zero-order chi connectivity index (χ0) is 14.8. The maximum Gasteiger partial charge on any atom is 0.260 e. The predicted molar refractivity (Wildman–Crippen MR) is 79.6 cm³/mol. The van der Waals surface area contributed by atoms with Gasteiger partial charge in [0.1, 0.15) is 10.7 Å². The zero-order valence-corrected chi connectivity index (χ0v) is 12.2. The van der Waals surface area contributed by atoms with Gasteiger partial charge in [0.2, 0.25) is 0 Å². The molecule has 0 aliphatic carbocycles. The SMILES string of the molecule is CC1(O)CCN(C(=O)COc2ccccc2C(N)=S)C1.